The third kappa shape index (κ3) is 3.16. The second-order valence-electron chi connectivity index (χ2n) is 5.04. The molecule has 0 atom stereocenters. The zero-order valence-corrected chi connectivity index (χ0v) is 12.7. The highest BCUT2D eigenvalue weighted by atomic mass is 16.5. The van der Waals surface area contributed by atoms with E-state index in [4.69, 9.17) is 4.74 Å². The van der Waals surface area contributed by atoms with E-state index in [9.17, 15) is 4.79 Å². The molecule has 0 aliphatic heterocycles. The average molecular weight is 263 g/mol. The van der Waals surface area contributed by atoms with Crippen molar-refractivity contribution in [2.45, 2.75) is 38.6 Å². The lowest BCUT2D eigenvalue weighted by Crippen LogP contribution is -2.51. The summed E-state index contributed by atoms with van der Waals surface area (Å²) in [6.07, 6.45) is 2.07. The highest BCUT2D eigenvalue weighted by Crippen LogP contribution is 2.27. The van der Waals surface area contributed by atoms with Gasteiger partial charge < -0.3 is 4.74 Å². The predicted octanol–water partition coefficient (Wildman–Crippen LogP) is 2.93. The van der Waals surface area contributed by atoms with Crippen LogP contribution >= 0.6 is 0 Å². The van der Waals surface area contributed by atoms with E-state index in [1.54, 1.807) is 7.11 Å². The number of Topliss-reactive ketones (excluding diaryl/α,β-unsaturated/α-hetero) is 1. The zero-order valence-electron chi connectivity index (χ0n) is 12.7. The molecule has 0 amide bonds. The number of nitrogens with zero attached hydrogens (tertiary/aromatic N) is 1. The van der Waals surface area contributed by atoms with Crippen LogP contribution in [-0.4, -0.2) is 37.4 Å². The van der Waals surface area contributed by atoms with Gasteiger partial charge in [0.2, 0.25) is 0 Å². The van der Waals surface area contributed by atoms with Crippen LogP contribution in [0.1, 0.15) is 32.3 Å². The van der Waals surface area contributed by atoms with Gasteiger partial charge in [-0.15, -0.1) is 0 Å². The Hall–Kier alpha value is -1.35. The first kappa shape index (κ1) is 15.7. The molecule has 0 heterocycles. The fourth-order valence-corrected chi connectivity index (χ4v) is 2.71. The first-order valence-corrected chi connectivity index (χ1v) is 6.84. The second-order valence-corrected chi connectivity index (χ2v) is 5.04. The van der Waals surface area contributed by atoms with E-state index in [1.165, 1.54) is 0 Å². The summed E-state index contributed by atoms with van der Waals surface area (Å²) in [5, 5.41) is 0. The molecule has 0 fully saturated rings. The monoisotopic (exact) mass is 263 g/mol. The third-order valence-corrected chi connectivity index (χ3v) is 4.09. The quantitative estimate of drug-likeness (QED) is 0.757. The minimum atomic E-state index is -0.374. The maximum absolute atomic E-state index is 12.7. The Labute approximate surface area is 116 Å². The van der Waals surface area contributed by atoms with Gasteiger partial charge in [0.1, 0.15) is 5.75 Å². The fourth-order valence-electron chi connectivity index (χ4n) is 2.71. The van der Waals surface area contributed by atoms with Crippen LogP contribution in [-0.2, 0) is 11.2 Å². The fraction of sp³-hybridized carbons (Fsp3) is 0.562. The van der Waals surface area contributed by atoms with E-state index in [0.29, 0.717) is 6.42 Å². The van der Waals surface area contributed by atoms with Crippen LogP contribution in [0.15, 0.2) is 24.3 Å². The smallest absolute Gasteiger partial charge is 0.157 e. The molecule has 0 unspecified atom stereocenters. The summed E-state index contributed by atoms with van der Waals surface area (Å²) in [6.45, 7) is 4.15. The van der Waals surface area contributed by atoms with Crippen LogP contribution in [0.5, 0.6) is 5.75 Å². The molecule has 1 aromatic carbocycles. The molecule has 0 aromatic heterocycles. The Kier molecular flexibility index (Phi) is 5.55. The summed E-state index contributed by atoms with van der Waals surface area (Å²) < 4.78 is 5.32. The van der Waals surface area contributed by atoms with Crippen molar-refractivity contribution >= 4 is 5.78 Å². The van der Waals surface area contributed by atoms with E-state index < -0.39 is 0 Å². The van der Waals surface area contributed by atoms with Crippen LogP contribution in [0.3, 0.4) is 0 Å². The molecule has 1 rings (SSSR count). The van der Waals surface area contributed by atoms with Crippen molar-refractivity contribution in [3.8, 4) is 5.75 Å². The van der Waals surface area contributed by atoms with Gasteiger partial charge in [-0.1, -0.05) is 32.0 Å². The van der Waals surface area contributed by atoms with Crippen LogP contribution in [0, 0.1) is 0 Å². The van der Waals surface area contributed by atoms with Gasteiger partial charge in [0.05, 0.1) is 12.6 Å². The highest BCUT2D eigenvalue weighted by molar-refractivity contribution is 5.90. The van der Waals surface area contributed by atoms with Gasteiger partial charge in [-0.3, -0.25) is 9.69 Å². The van der Waals surface area contributed by atoms with Gasteiger partial charge in [0.25, 0.3) is 0 Å². The Morgan fingerprint density at radius 1 is 1.21 bits per heavy atom. The second kappa shape index (κ2) is 6.71. The summed E-state index contributed by atoms with van der Waals surface area (Å²) in [4.78, 5) is 14.8. The lowest BCUT2D eigenvalue weighted by molar-refractivity contribution is -0.129. The number of benzene rings is 1. The molecule has 0 spiro atoms. The van der Waals surface area contributed by atoms with Crippen molar-refractivity contribution in [2.24, 2.45) is 0 Å². The largest absolute Gasteiger partial charge is 0.496 e. The van der Waals surface area contributed by atoms with Crippen molar-refractivity contribution in [1.82, 2.24) is 4.90 Å². The molecular weight excluding hydrogens is 238 g/mol. The van der Waals surface area contributed by atoms with Gasteiger partial charge in [0.15, 0.2) is 5.78 Å². The van der Waals surface area contributed by atoms with Crippen molar-refractivity contribution in [3.05, 3.63) is 29.8 Å². The maximum Gasteiger partial charge on any atom is 0.157 e. The summed E-state index contributed by atoms with van der Waals surface area (Å²) in [7, 11) is 5.60. The number of methoxy groups -OCH3 is 1. The number of hydrogen-bond donors (Lipinski definition) is 0. The van der Waals surface area contributed by atoms with E-state index in [-0.39, 0.29) is 11.3 Å². The number of hydrogen-bond acceptors (Lipinski definition) is 3. The number of ether oxygens (including phenoxy) is 1. The molecule has 0 N–H and O–H groups in total. The minimum Gasteiger partial charge on any atom is -0.496 e. The Balaban J connectivity index is 3.00. The number of para-hydroxylation sites is 1. The Morgan fingerprint density at radius 2 is 1.79 bits per heavy atom. The first-order chi connectivity index (χ1) is 9.01. The lowest BCUT2D eigenvalue weighted by atomic mass is 9.83. The molecule has 0 aliphatic rings. The zero-order chi connectivity index (χ0) is 14.5. The maximum atomic E-state index is 12.7. The SMILES string of the molecule is CCC(CC)(C(=O)Cc1ccccc1OC)N(C)C. The Bertz CT molecular complexity index is 423. The normalized spacial score (nSPS) is 11.7. The minimum absolute atomic E-state index is 0.256. The molecule has 0 aliphatic carbocycles. The molecule has 0 bridgehead atoms. The standard InChI is InChI=1S/C16H25NO2/c1-6-16(7-2,17(3)4)15(18)12-13-10-8-9-11-14(13)19-5/h8-11H,6-7,12H2,1-5H3. The summed E-state index contributed by atoms with van der Waals surface area (Å²) >= 11 is 0. The van der Waals surface area contributed by atoms with E-state index in [0.717, 1.165) is 24.2 Å². The number of ketones is 1. The highest BCUT2D eigenvalue weighted by Gasteiger charge is 2.36. The molecular formula is C16H25NO2. The molecule has 106 valence electrons. The molecule has 0 radical (unpaired) electrons. The molecule has 3 heteroatoms. The van der Waals surface area contributed by atoms with E-state index in [1.807, 2.05) is 43.3 Å². The lowest BCUT2D eigenvalue weighted by Gasteiger charge is -2.37. The van der Waals surface area contributed by atoms with Crippen LogP contribution in [0.4, 0.5) is 0 Å². The number of carbonyl (C=O) groups is 1. The molecule has 1 aromatic rings. The van der Waals surface area contributed by atoms with E-state index in [2.05, 4.69) is 13.8 Å². The summed E-state index contributed by atoms with van der Waals surface area (Å²) in [6, 6.07) is 7.73. The number of rotatable bonds is 7. The van der Waals surface area contributed by atoms with Crippen molar-refractivity contribution < 1.29 is 9.53 Å². The molecule has 19 heavy (non-hydrogen) atoms. The first-order valence-electron chi connectivity index (χ1n) is 6.84. The van der Waals surface area contributed by atoms with E-state index >= 15 is 0 Å². The van der Waals surface area contributed by atoms with Gasteiger partial charge >= 0.3 is 0 Å². The van der Waals surface area contributed by atoms with Crippen LogP contribution in [0.2, 0.25) is 0 Å². The van der Waals surface area contributed by atoms with Crippen molar-refractivity contribution in [1.29, 1.82) is 0 Å². The average Bonchev–Trinajstić information content (AvgIpc) is 2.41. The molecule has 0 saturated heterocycles. The van der Waals surface area contributed by atoms with Gasteiger partial charge in [-0.2, -0.15) is 0 Å². The van der Waals surface area contributed by atoms with Crippen molar-refractivity contribution in [3.63, 3.8) is 0 Å². The van der Waals surface area contributed by atoms with Crippen LogP contribution < -0.4 is 4.74 Å². The Morgan fingerprint density at radius 3 is 2.26 bits per heavy atom. The number of carbonyl (C=O) groups excluding carboxylic acids is 1. The van der Waals surface area contributed by atoms with Crippen molar-refractivity contribution in [2.75, 3.05) is 21.2 Å². The van der Waals surface area contributed by atoms with Crippen LogP contribution in [0.25, 0.3) is 0 Å². The van der Waals surface area contributed by atoms with Gasteiger partial charge in [-0.25, -0.2) is 0 Å². The summed E-state index contributed by atoms with van der Waals surface area (Å²) in [5.74, 6) is 1.04. The third-order valence-electron chi connectivity index (χ3n) is 4.09. The molecule has 0 saturated carbocycles. The number of likely N-dealkylation sites (N-methyl/N-ethyl adjacent to an activating group) is 1. The van der Waals surface area contributed by atoms with Gasteiger partial charge in [-0.05, 0) is 33.0 Å². The summed E-state index contributed by atoms with van der Waals surface area (Å²) in [5.41, 5.74) is 0.587. The molecule has 3 nitrogen and oxygen atoms in total. The van der Waals surface area contributed by atoms with Gasteiger partial charge in [0, 0.05) is 12.0 Å². The topological polar surface area (TPSA) is 29.5 Å². The predicted molar refractivity (Wildman–Crippen MR) is 78.7 cm³/mol.